The zero-order chi connectivity index (χ0) is 57.3. The van der Waals surface area contributed by atoms with Gasteiger partial charge in [-0.3, -0.25) is 9.13 Å². The minimum absolute atomic E-state index is 0.562. The number of rotatable bonds is 6. The molecule has 0 aliphatic heterocycles. The number of hydrogen-bond donors (Lipinski definition) is 0. The summed E-state index contributed by atoms with van der Waals surface area (Å²) in [7, 11) is 0. The third-order valence-corrected chi connectivity index (χ3v) is 18.5. The maximum absolute atomic E-state index is 6.48. The van der Waals surface area contributed by atoms with Crippen molar-refractivity contribution in [2.75, 3.05) is 0 Å². The van der Waals surface area contributed by atoms with Crippen molar-refractivity contribution in [2.24, 2.45) is 0 Å². The van der Waals surface area contributed by atoms with Gasteiger partial charge < -0.3 is 17.8 Å². The smallest absolute Gasteiger partial charge is 0.237 e. The lowest BCUT2D eigenvalue weighted by molar-refractivity contribution is 0.668. The van der Waals surface area contributed by atoms with Crippen LogP contribution in [0.5, 0.6) is 0 Å². The minimum atomic E-state index is 0.562. The second-order valence-corrected chi connectivity index (χ2v) is 23.2. The molecule has 13 aromatic carbocycles. The molecule has 0 radical (unpaired) electrons. The molecule has 7 aromatic heterocycles. The van der Waals surface area contributed by atoms with Gasteiger partial charge in [0.05, 0.1) is 38.6 Å². The Morgan fingerprint density at radius 3 is 1.00 bits per heavy atom. The first-order chi connectivity index (χ1) is 43.6. The van der Waals surface area contributed by atoms with Gasteiger partial charge in [-0.15, -0.1) is 0 Å². The van der Waals surface area contributed by atoms with Gasteiger partial charge in [0.2, 0.25) is 5.95 Å². The molecule has 0 fully saturated rings. The van der Waals surface area contributed by atoms with E-state index in [0.29, 0.717) is 5.95 Å². The van der Waals surface area contributed by atoms with Crippen LogP contribution in [0.4, 0.5) is 0 Å². The SMILES string of the molecule is c1ccc2c(c1)oc1cc(-c3ccc4c5ccccc5n(-c5ccc6nc(-n7c8ccccc8c8ccc(-c9ccc%10c(c9)oc9ccccc9%10)cc87)nc(-n7c8ccccc8c8ccc(-c9ccc%10c(c9)oc9ccccc9%10)cc87)c6c5)c4c3)ccc12. The van der Waals surface area contributed by atoms with E-state index < -0.39 is 0 Å². The molecule has 0 N–H and O–H groups in total. The predicted molar refractivity (Wildman–Crippen MR) is 361 cm³/mol. The van der Waals surface area contributed by atoms with Crippen LogP contribution in [0.15, 0.2) is 286 Å². The number of furan rings is 3. The summed E-state index contributed by atoms with van der Waals surface area (Å²) in [6.07, 6.45) is 0. The van der Waals surface area contributed by atoms with Crippen LogP contribution in [0.25, 0.3) is 193 Å². The van der Waals surface area contributed by atoms with Gasteiger partial charge in [-0.2, -0.15) is 4.98 Å². The van der Waals surface area contributed by atoms with Crippen molar-refractivity contribution in [3.63, 3.8) is 0 Å². The summed E-state index contributed by atoms with van der Waals surface area (Å²) in [5.74, 6) is 1.32. The molecule has 7 heterocycles. The van der Waals surface area contributed by atoms with Crippen LogP contribution in [-0.2, 0) is 0 Å². The Hall–Kier alpha value is -12.0. The summed E-state index contributed by atoms with van der Waals surface area (Å²) >= 11 is 0. The lowest BCUT2D eigenvalue weighted by Crippen LogP contribution is -2.08. The molecular weight excluding hydrogens is 1080 g/mol. The van der Waals surface area contributed by atoms with Crippen LogP contribution in [0.2, 0.25) is 0 Å². The third-order valence-electron chi connectivity index (χ3n) is 18.5. The topological polar surface area (TPSA) is 80.0 Å². The average Bonchev–Trinajstić information content (AvgIpc) is 1.72. The Kier molecular flexibility index (Phi) is 9.57. The number of aromatic nitrogens is 5. The molecule has 0 atom stereocenters. The normalized spacial score (nSPS) is 12.3. The number of para-hydroxylation sites is 6. The van der Waals surface area contributed by atoms with E-state index in [2.05, 4.69) is 250 Å². The van der Waals surface area contributed by atoms with E-state index in [-0.39, 0.29) is 0 Å². The molecule has 88 heavy (non-hydrogen) atoms. The van der Waals surface area contributed by atoms with Crippen LogP contribution in [0, 0.1) is 0 Å². The maximum Gasteiger partial charge on any atom is 0.237 e. The van der Waals surface area contributed by atoms with Crippen molar-refractivity contribution in [2.45, 2.75) is 0 Å². The summed E-state index contributed by atoms with van der Waals surface area (Å²) in [6.45, 7) is 0. The Morgan fingerprint density at radius 2 is 0.545 bits per heavy atom. The van der Waals surface area contributed by atoms with Crippen LogP contribution in [0.3, 0.4) is 0 Å². The molecule has 8 nitrogen and oxygen atoms in total. The van der Waals surface area contributed by atoms with Crippen LogP contribution in [0.1, 0.15) is 0 Å². The van der Waals surface area contributed by atoms with Crippen LogP contribution < -0.4 is 0 Å². The van der Waals surface area contributed by atoms with Crippen molar-refractivity contribution in [1.82, 2.24) is 23.7 Å². The first-order valence-corrected chi connectivity index (χ1v) is 29.8. The first-order valence-electron chi connectivity index (χ1n) is 29.8. The highest BCUT2D eigenvalue weighted by Gasteiger charge is 2.24. The highest BCUT2D eigenvalue weighted by atomic mass is 16.3. The summed E-state index contributed by atoms with van der Waals surface area (Å²) in [6, 6.07) is 97.5. The lowest BCUT2D eigenvalue weighted by Gasteiger charge is -2.16. The zero-order valence-corrected chi connectivity index (χ0v) is 46.9. The highest BCUT2D eigenvalue weighted by Crippen LogP contribution is 2.43. The third kappa shape index (κ3) is 6.79. The van der Waals surface area contributed by atoms with Gasteiger partial charge in [0, 0.05) is 75.7 Å². The number of benzene rings is 13. The summed E-state index contributed by atoms with van der Waals surface area (Å²) in [4.78, 5) is 11.6. The van der Waals surface area contributed by atoms with E-state index >= 15 is 0 Å². The van der Waals surface area contributed by atoms with Gasteiger partial charge in [-0.05, 0) is 143 Å². The largest absolute Gasteiger partial charge is 0.456 e. The summed E-state index contributed by atoms with van der Waals surface area (Å²) in [5.41, 5.74) is 19.7. The lowest BCUT2D eigenvalue weighted by atomic mass is 10.0. The molecule has 0 aliphatic rings. The van der Waals surface area contributed by atoms with E-state index in [1.54, 1.807) is 0 Å². The fourth-order valence-electron chi connectivity index (χ4n) is 14.4. The Labute approximate surface area is 500 Å². The molecule has 0 saturated heterocycles. The van der Waals surface area contributed by atoms with Gasteiger partial charge in [0.1, 0.15) is 33.5 Å². The van der Waals surface area contributed by atoms with E-state index in [0.717, 1.165) is 182 Å². The average molecular weight is 1120 g/mol. The predicted octanol–water partition coefficient (Wildman–Crippen LogP) is 21.6. The molecule has 408 valence electrons. The van der Waals surface area contributed by atoms with E-state index in [4.69, 9.17) is 23.2 Å². The Balaban J connectivity index is 0.838. The molecule has 8 heteroatoms. The molecule has 0 amide bonds. The van der Waals surface area contributed by atoms with E-state index in [1.165, 1.54) is 5.39 Å². The molecule has 0 unspecified atom stereocenters. The van der Waals surface area contributed by atoms with Crippen molar-refractivity contribution >= 4 is 142 Å². The van der Waals surface area contributed by atoms with Crippen LogP contribution in [-0.4, -0.2) is 23.7 Å². The number of nitrogens with zero attached hydrogens (tertiary/aromatic N) is 5. The van der Waals surface area contributed by atoms with E-state index in [1.807, 2.05) is 36.4 Å². The molecule has 0 saturated carbocycles. The maximum atomic E-state index is 6.48. The minimum Gasteiger partial charge on any atom is -0.456 e. The number of fused-ring (bicyclic) bond motifs is 19. The van der Waals surface area contributed by atoms with Gasteiger partial charge in [0.15, 0.2) is 5.82 Å². The van der Waals surface area contributed by atoms with Gasteiger partial charge in [-0.25, -0.2) is 4.98 Å². The monoisotopic (exact) mass is 1120 g/mol. The number of hydrogen-bond acceptors (Lipinski definition) is 5. The van der Waals surface area contributed by atoms with Gasteiger partial charge in [0.25, 0.3) is 0 Å². The fraction of sp³-hybridized carbons (Fsp3) is 0. The fourth-order valence-corrected chi connectivity index (χ4v) is 14.4. The molecule has 0 aliphatic carbocycles. The standard InChI is InChI=1S/C80H45N5O3/c1-7-19-67-53(13-1)56-32-25-46(49-28-35-62-59-16-4-10-22-73(59)86-76(62)42-49)39-70(56)83(67)52-31-38-66-65(45-52)79(84-68-20-8-2-14-54(68)57-33-26-47(40-71(57)84)50-29-36-63-60-17-5-11-23-74(60)87-77(63)43-50)82-80(81-66)85-69-21-9-3-15-55(69)58-34-27-48(41-72(58)85)51-30-37-64-61-18-6-12-24-75(61)88-78(64)44-51/h1-45H. The highest BCUT2D eigenvalue weighted by molar-refractivity contribution is 6.15. The molecular formula is C80H45N5O3. The Bertz CT molecular complexity index is 6400. The Morgan fingerprint density at radius 1 is 0.216 bits per heavy atom. The van der Waals surface area contributed by atoms with Crippen molar-refractivity contribution in [3.8, 4) is 50.8 Å². The molecule has 20 rings (SSSR count). The van der Waals surface area contributed by atoms with Crippen molar-refractivity contribution < 1.29 is 13.3 Å². The first kappa shape index (κ1) is 47.4. The molecule has 0 spiro atoms. The molecule has 20 aromatic rings. The van der Waals surface area contributed by atoms with Crippen LogP contribution >= 0.6 is 0 Å². The second kappa shape index (κ2) is 17.8. The van der Waals surface area contributed by atoms with Gasteiger partial charge in [-0.1, -0.05) is 164 Å². The van der Waals surface area contributed by atoms with Crippen molar-refractivity contribution in [1.29, 1.82) is 0 Å². The zero-order valence-electron chi connectivity index (χ0n) is 46.9. The summed E-state index contributed by atoms with van der Waals surface area (Å²) in [5, 5.41) is 14.3. The molecule has 0 bridgehead atoms. The van der Waals surface area contributed by atoms with Gasteiger partial charge >= 0.3 is 0 Å². The van der Waals surface area contributed by atoms with Crippen molar-refractivity contribution in [3.05, 3.63) is 273 Å². The second-order valence-electron chi connectivity index (χ2n) is 23.2. The summed E-state index contributed by atoms with van der Waals surface area (Å²) < 4.78 is 26.4. The van der Waals surface area contributed by atoms with E-state index in [9.17, 15) is 0 Å². The quantitative estimate of drug-likeness (QED) is 0.166.